The summed E-state index contributed by atoms with van der Waals surface area (Å²) in [5.41, 5.74) is 1.14. The highest BCUT2D eigenvalue weighted by molar-refractivity contribution is 5.75. The van der Waals surface area contributed by atoms with Gasteiger partial charge in [0.15, 0.2) is 0 Å². The van der Waals surface area contributed by atoms with Crippen LogP contribution in [0.25, 0.3) is 0 Å². The second-order valence-electron chi connectivity index (χ2n) is 4.37. The zero-order valence-electron chi connectivity index (χ0n) is 11.4. The van der Waals surface area contributed by atoms with Crippen molar-refractivity contribution >= 4 is 5.97 Å². The van der Waals surface area contributed by atoms with Crippen LogP contribution < -0.4 is 10.1 Å². The minimum absolute atomic E-state index is 0.257. The van der Waals surface area contributed by atoms with Gasteiger partial charge in [-0.3, -0.25) is 4.79 Å². The average molecular weight is 251 g/mol. The quantitative estimate of drug-likeness (QED) is 0.785. The van der Waals surface area contributed by atoms with Gasteiger partial charge >= 0.3 is 5.97 Å². The highest BCUT2D eigenvalue weighted by atomic mass is 16.5. The lowest BCUT2D eigenvalue weighted by atomic mass is 10.0. The molecule has 0 fully saturated rings. The van der Waals surface area contributed by atoms with Crippen molar-refractivity contribution in [3.8, 4) is 5.75 Å². The predicted octanol–water partition coefficient (Wildman–Crippen LogP) is 1.95. The Labute approximate surface area is 108 Å². The monoisotopic (exact) mass is 251 g/mol. The van der Waals surface area contributed by atoms with E-state index in [4.69, 9.17) is 4.74 Å². The molecule has 1 aromatic rings. The zero-order valence-corrected chi connectivity index (χ0v) is 11.4. The minimum Gasteiger partial charge on any atom is -0.491 e. The first kappa shape index (κ1) is 14.5. The number of ether oxygens (including phenoxy) is 2. The van der Waals surface area contributed by atoms with Crippen LogP contribution in [-0.2, 0) is 9.53 Å². The van der Waals surface area contributed by atoms with E-state index in [0.717, 1.165) is 11.3 Å². The molecule has 100 valence electrons. The van der Waals surface area contributed by atoms with Gasteiger partial charge in [-0.05, 0) is 24.6 Å². The van der Waals surface area contributed by atoms with Gasteiger partial charge in [0, 0.05) is 0 Å². The fourth-order valence-corrected chi connectivity index (χ4v) is 1.67. The molecular formula is C14H21NO3. The number of para-hydroxylation sites is 1. The molecule has 0 amide bonds. The van der Waals surface area contributed by atoms with Gasteiger partial charge in [-0.2, -0.15) is 0 Å². The van der Waals surface area contributed by atoms with Crippen molar-refractivity contribution in [2.75, 3.05) is 20.8 Å². The molecule has 0 bridgehead atoms. The molecular weight excluding hydrogens is 230 g/mol. The Bertz CT molecular complexity index is 390. The Hall–Kier alpha value is -1.55. The first-order chi connectivity index (χ1) is 8.60. The molecule has 0 saturated carbocycles. The second kappa shape index (κ2) is 7.01. The first-order valence-corrected chi connectivity index (χ1v) is 6.07. The van der Waals surface area contributed by atoms with Crippen molar-refractivity contribution in [1.82, 2.24) is 5.32 Å². The molecule has 1 atom stereocenters. The van der Waals surface area contributed by atoms with E-state index < -0.39 is 6.04 Å². The molecule has 1 rings (SSSR count). The first-order valence-electron chi connectivity index (χ1n) is 6.07. The number of likely N-dealkylation sites (N-methyl/N-ethyl adjacent to an activating group) is 1. The zero-order chi connectivity index (χ0) is 13.5. The topological polar surface area (TPSA) is 47.6 Å². The number of carbonyl (C=O) groups is 1. The van der Waals surface area contributed by atoms with E-state index in [2.05, 4.69) is 23.9 Å². The van der Waals surface area contributed by atoms with Crippen LogP contribution in [0.5, 0.6) is 5.75 Å². The fraction of sp³-hybridized carbons (Fsp3) is 0.500. The lowest BCUT2D eigenvalue weighted by Gasteiger charge is -2.17. The molecule has 0 aliphatic rings. The van der Waals surface area contributed by atoms with Crippen molar-refractivity contribution in [3.05, 3.63) is 29.8 Å². The maximum Gasteiger partial charge on any atom is 0.326 e. The van der Waals surface area contributed by atoms with Gasteiger partial charge in [-0.25, -0.2) is 0 Å². The largest absolute Gasteiger partial charge is 0.491 e. The lowest BCUT2D eigenvalue weighted by Crippen LogP contribution is -2.40. The van der Waals surface area contributed by atoms with Gasteiger partial charge in [-0.1, -0.05) is 32.0 Å². The number of nitrogens with one attached hydrogen (secondary N) is 1. The Morgan fingerprint density at radius 1 is 1.33 bits per heavy atom. The number of carbonyl (C=O) groups excluding carboxylic acids is 1. The molecule has 0 aromatic heterocycles. The molecule has 1 N–H and O–H groups in total. The molecule has 0 heterocycles. The van der Waals surface area contributed by atoms with Crippen LogP contribution in [0.2, 0.25) is 0 Å². The molecule has 0 aliphatic carbocycles. The molecule has 4 nitrogen and oxygen atoms in total. The molecule has 0 saturated heterocycles. The normalized spacial score (nSPS) is 12.3. The summed E-state index contributed by atoms with van der Waals surface area (Å²) in [5.74, 6) is 0.878. The SMILES string of the molecule is CNC(COc1ccccc1C(C)C)C(=O)OC. The lowest BCUT2D eigenvalue weighted by molar-refractivity contribution is -0.143. The Kier molecular flexibility index (Phi) is 5.65. The third kappa shape index (κ3) is 3.74. The van der Waals surface area contributed by atoms with E-state index in [-0.39, 0.29) is 12.6 Å². The molecule has 0 aliphatic heterocycles. The Morgan fingerprint density at radius 3 is 2.56 bits per heavy atom. The molecule has 0 radical (unpaired) electrons. The maximum atomic E-state index is 11.4. The number of hydrogen-bond acceptors (Lipinski definition) is 4. The van der Waals surface area contributed by atoms with E-state index in [0.29, 0.717) is 5.92 Å². The maximum absolute atomic E-state index is 11.4. The van der Waals surface area contributed by atoms with E-state index in [1.165, 1.54) is 7.11 Å². The van der Waals surface area contributed by atoms with Gasteiger partial charge < -0.3 is 14.8 Å². The van der Waals surface area contributed by atoms with Crippen LogP contribution in [0.15, 0.2) is 24.3 Å². The van der Waals surface area contributed by atoms with Crippen molar-refractivity contribution < 1.29 is 14.3 Å². The number of methoxy groups -OCH3 is 1. The molecule has 18 heavy (non-hydrogen) atoms. The summed E-state index contributed by atoms with van der Waals surface area (Å²) in [7, 11) is 3.08. The van der Waals surface area contributed by atoms with E-state index in [1.54, 1.807) is 7.05 Å². The summed E-state index contributed by atoms with van der Waals surface area (Å²) in [4.78, 5) is 11.4. The van der Waals surface area contributed by atoms with Crippen molar-refractivity contribution in [3.63, 3.8) is 0 Å². The van der Waals surface area contributed by atoms with Gasteiger partial charge in [0.05, 0.1) is 7.11 Å². The number of benzene rings is 1. The summed E-state index contributed by atoms with van der Waals surface area (Å²) in [5, 5.41) is 2.87. The van der Waals surface area contributed by atoms with Gasteiger partial charge in [0.2, 0.25) is 0 Å². The summed E-state index contributed by atoms with van der Waals surface area (Å²) in [6.07, 6.45) is 0. The van der Waals surface area contributed by atoms with Gasteiger partial charge in [0.25, 0.3) is 0 Å². The van der Waals surface area contributed by atoms with E-state index in [1.807, 2.05) is 24.3 Å². The van der Waals surface area contributed by atoms with Crippen LogP contribution >= 0.6 is 0 Å². The average Bonchev–Trinajstić information content (AvgIpc) is 2.39. The van der Waals surface area contributed by atoms with Crippen LogP contribution in [0, 0.1) is 0 Å². The molecule has 4 heteroatoms. The second-order valence-corrected chi connectivity index (χ2v) is 4.37. The number of esters is 1. The third-order valence-electron chi connectivity index (χ3n) is 2.78. The van der Waals surface area contributed by atoms with Crippen molar-refractivity contribution in [2.45, 2.75) is 25.8 Å². The van der Waals surface area contributed by atoms with E-state index >= 15 is 0 Å². The number of rotatable bonds is 6. The smallest absolute Gasteiger partial charge is 0.326 e. The molecule has 1 aromatic carbocycles. The fourth-order valence-electron chi connectivity index (χ4n) is 1.67. The molecule has 1 unspecified atom stereocenters. The minimum atomic E-state index is -0.449. The highest BCUT2D eigenvalue weighted by Crippen LogP contribution is 2.25. The highest BCUT2D eigenvalue weighted by Gasteiger charge is 2.18. The summed E-state index contributed by atoms with van der Waals surface area (Å²) in [6, 6.07) is 7.41. The third-order valence-corrected chi connectivity index (χ3v) is 2.78. The van der Waals surface area contributed by atoms with Crippen LogP contribution in [-0.4, -0.2) is 32.8 Å². The van der Waals surface area contributed by atoms with Crippen LogP contribution in [0.1, 0.15) is 25.3 Å². The van der Waals surface area contributed by atoms with Crippen LogP contribution in [0.3, 0.4) is 0 Å². The standard InChI is InChI=1S/C14H21NO3/c1-10(2)11-7-5-6-8-13(11)18-9-12(15-3)14(16)17-4/h5-8,10,12,15H,9H2,1-4H3. The summed E-state index contributed by atoms with van der Waals surface area (Å²) in [6.45, 7) is 4.48. The summed E-state index contributed by atoms with van der Waals surface area (Å²) >= 11 is 0. The van der Waals surface area contributed by atoms with Crippen molar-refractivity contribution in [2.24, 2.45) is 0 Å². The van der Waals surface area contributed by atoms with Crippen molar-refractivity contribution in [1.29, 1.82) is 0 Å². The van der Waals surface area contributed by atoms with Crippen LogP contribution in [0.4, 0.5) is 0 Å². The Balaban J connectivity index is 2.70. The van der Waals surface area contributed by atoms with E-state index in [9.17, 15) is 4.79 Å². The van der Waals surface area contributed by atoms with Gasteiger partial charge in [0.1, 0.15) is 18.4 Å². The Morgan fingerprint density at radius 2 is 2.00 bits per heavy atom. The number of hydrogen-bond donors (Lipinski definition) is 1. The van der Waals surface area contributed by atoms with Gasteiger partial charge in [-0.15, -0.1) is 0 Å². The summed E-state index contributed by atoms with van der Waals surface area (Å²) < 4.78 is 10.4. The molecule has 0 spiro atoms. The predicted molar refractivity (Wildman–Crippen MR) is 70.9 cm³/mol.